The Morgan fingerprint density at radius 2 is 1.84 bits per heavy atom. The Balaban J connectivity index is 1.65. The van der Waals surface area contributed by atoms with Crippen LogP contribution in [-0.4, -0.2) is 22.0 Å². The third-order valence-electron chi connectivity index (χ3n) is 3.66. The lowest BCUT2D eigenvalue weighted by atomic mass is 10.2. The van der Waals surface area contributed by atoms with Crippen molar-refractivity contribution in [3.05, 3.63) is 54.7 Å². The van der Waals surface area contributed by atoms with Gasteiger partial charge in [-0.3, -0.25) is 9.59 Å². The van der Waals surface area contributed by atoms with Crippen molar-refractivity contribution in [2.24, 2.45) is 0 Å². The monoisotopic (exact) mass is 353 g/mol. The summed E-state index contributed by atoms with van der Waals surface area (Å²) >= 11 is 1.45. The molecule has 0 aliphatic rings. The van der Waals surface area contributed by atoms with Crippen LogP contribution in [0.3, 0.4) is 0 Å². The summed E-state index contributed by atoms with van der Waals surface area (Å²) in [7, 11) is 0. The minimum Gasteiger partial charge on any atom is -0.361 e. The number of fused-ring (bicyclic) bond motifs is 1. The molecule has 3 aromatic rings. The molecule has 25 heavy (non-hydrogen) atoms. The molecule has 128 valence electrons. The number of benzene rings is 2. The number of amides is 2. The molecule has 0 aliphatic heterocycles. The Kier molecular flexibility index (Phi) is 5.09. The van der Waals surface area contributed by atoms with E-state index < -0.39 is 0 Å². The second kappa shape index (κ2) is 7.44. The summed E-state index contributed by atoms with van der Waals surface area (Å²) in [5, 5.41) is 6.52. The van der Waals surface area contributed by atoms with E-state index in [1.165, 1.54) is 18.7 Å². The standard InChI is InChI=1S/C19H19N3O2S/c1-12(25-17-5-3-4-15(10-17)21-13(2)23)19(24)22-16-7-6-14-8-9-20-18(14)11-16/h3-12,20H,1-2H3,(H,21,23)(H,22,24). The van der Waals surface area contributed by atoms with Crippen molar-refractivity contribution in [1.82, 2.24) is 4.98 Å². The highest BCUT2D eigenvalue weighted by molar-refractivity contribution is 8.00. The molecule has 0 saturated heterocycles. The quantitative estimate of drug-likeness (QED) is 0.601. The summed E-state index contributed by atoms with van der Waals surface area (Å²) in [6.45, 7) is 3.33. The van der Waals surface area contributed by atoms with Crippen LogP contribution in [-0.2, 0) is 9.59 Å². The maximum absolute atomic E-state index is 12.4. The molecule has 2 amide bonds. The predicted molar refractivity (Wildman–Crippen MR) is 103 cm³/mol. The molecule has 0 saturated carbocycles. The molecular weight excluding hydrogens is 334 g/mol. The third-order valence-corrected chi connectivity index (χ3v) is 4.75. The molecule has 1 unspecified atom stereocenters. The van der Waals surface area contributed by atoms with Crippen LogP contribution in [0.2, 0.25) is 0 Å². The van der Waals surface area contributed by atoms with Crippen molar-refractivity contribution in [2.45, 2.75) is 24.0 Å². The van der Waals surface area contributed by atoms with Crippen molar-refractivity contribution in [3.8, 4) is 0 Å². The van der Waals surface area contributed by atoms with E-state index in [-0.39, 0.29) is 17.1 Å². The average Bonchev–Trinajstić information content (AvgIpc) is 3.02. The van der Waals surface area contributed by atoms with Crippen molar-refractivity contribution in [2.75, 3.05) is 10.6 Å². The summed E-state index contributed by atoms with van der Waals surface area (Å²) in [6, 6.07) is 15.2. The van der Waals surface area contributed by atoms with Crippen LogP contribution in [0.15, 0.2) is 59.6 Å². The summed E-state index contributed by atoms with van der Waals surface area (Å²) in [5.74, 6) is -0.187. The van der Waals surface area contributed by atoms with Crippen molar-refractivity contribution in [1.29, 1.82) is 0 Å². The number of anilines is 2. The molecule has 3 N–H and O–H groups in total. The zero-order chi connectivity index (χ0) is 17.8. The van der Waals surface area contributed by atoms with E-state index in [1.54, 1.807) is 0 Å². The Bertz CT molecular complexity index is 920. The van der Waals surface area contributed by atoms with Crippen molar-refractivity contribution in [3.63, 3.8) is 0 Å². The smallest absolute Gasteiger partial charge is 0.237 e. The lowest BCUT2D eigenvalue weighted by Crippen LogP contribution is -2.22. The van der Waals surface area contributed by atoms with Gasteiger partial charge in [-0.15, -0.1) is 11.8 Å². The van der Waals surface area contributed by atoms with Gasteiger partial charge in [0.25, 0.3) is 0 Å². The van der Waals surface area contributed by atoms with Crippen LogP contribution >= 0.6 is 11.8 Å². The lowest BCUT2D eigenvalue weighted by Gasteiger charge is -2.13. The minimum absolute atomic E-state index is 0.0687. The third kappa shape index (κ3) is 4.42. The summed E-state index contributed by atoms with van der Waals surface area (Å²) in [6.07, 6.45) is 1.87. The zero-order valence-corrected chi connectivity index (χ0v) is 14.8. The molecule has 2 aromatic carbocycles. The van der Waals surface area contributed by atoms with Gasteiger partial charge in [0, 0.05) is 34.9 Å². The van der Waals surface area contributed by atoms with Gasteiger partial charge in [-0.1, -0.05) is 12.1 Å². The van der Waals surface area contributed by atoms with Crippen LogP contribution in [0.1, 0.15) is 13.8 Å². The van der Waals surface area contributed by atoms with Gasteiger partial charge < -0.3 is 15.6 Å². The van der Waals surface area contributed by atoms with Gasteiger partial charge in [-0.05, 0) is 48.7 Å². The zero-order valence-electron chi connectivity index (χ0n) is 14.0. The molecule has 0 fully saturated rings. The number of nitrogens with one attached hydrogen (secondary N) is 3. The van der Waals surface area contributed by atoms with E-state index in [0.717, 1.165) is 27.2 Å². The van der Waals surface area contributed by atoms with Crippen LogP contribution in [0.5, 0.6) is 0 Å². The second-order valence-corrected chi connectivity index (χ2v) is 7.15. The van der Waals surface area contributed by atoms with E-state index in [2.05, 4.69) is 15.6 Å². The van der Waals surface area contributed by atoms with Gasteiger partial charge in [-0.25, -0.2) is 0 Å². The van der Waals surface area contributed by atoms with E-state index in [9.17, 15) is 9.59 Å². The number of aromatic nitrogens is 1. The van der Waals surface area contributed by atoms with Crippen LogP contribution < -0.4 is 10.6 Å². The van der Waals surface area contributed by atoms with Gasteiger partial charge in [0.15, 0.2) is 0 Å². The van der Waals surface area contributed by atoms with Crippen LogP contribution in [0, 0.1) is 0 Å². The molecule has 6 heteroatoms. The first-order chi connectivity index (χ1) is 12.0. The van der Waals surface area contributed by atoms with Crippen molar-refractivity contribution >= 4 is 45.9 Å². The second-order valence-electron chi connectivity index (χ2n) is 5.74. The maximum Gasteiger partial charge on any atom is 0.237 e. The number of hydrogen-bond donors (Lipinski definition) is 3. The molecule has 5 nitrogen and oxygen atoms in total. The van der Waals surface area contributed by atoms with Crippen LogP contribution in [0.4, 0.5) is 11.4 Å². The lowest BCUT2D eigenvalue weighted by molar-refractivity contribution is -0.115. The molecule has 3 rings (SSSR count). The molecule has 1 heterocycles. The number of hydrogen-bond acceptors (Lipinski definition) is 3. The first kappa shape index (κ1) is 17.1. The SMILES string of the molecule is CC(=O)Nc1cccc(SC(C)C(=O)Nc2ccc3cc[nH]c3c2)c1. The van der Waals surface area contributed by atoms with E-state index in [0.29, 0.717) is 0 Å². The normalized spacial score (nSPS) is 11.9. The molecule has 0 bridgehead atoms. The average molecular weight is 353 g/mol. The summed E-state index contributed by atoms with van der Waals surface area (Å²) < 4.78 is 0. The van der Waals surface area contributed by atoms with Crippen LogP contribution in [0.25, 0.3) is 10.9 Å². The van der Waals surface area contributed by atoms with Gasteiger partial charge >= 0.3 is 0 Å². The first-order valence-corrected chi connectivity index (χ1v) is 8.81. The predicted octanol–water partition coefficient (Wildman–Crippen LogP) is 4.25. The molecular formula is C19H19N3O2S. The highest BCUT2D eigenvalue weighted by atomic mass is 32.2. The maximum atomic E-state index is 12.4. The Morgan fingerprint density at radius 3 is 2.64 bits per heavy atom. The number of aromatic amines is 1. The van der Waals surface area contributed by atoms with Gasteiger partial charge in [0.05, 0.1) is 5.25 Å². The van der Waals surface area contributed by atoms with Gasteiger partial charge in [0.2, 0.25) is 11.8 Å². The topological polar surface area (TPSA) is 74.0 Å². The molecule has 1 atom stereocenters. The number of carbonyl (C=O) groups excluding carboxylic acids is 2. The van der Waals surface area contributed by atoms with E-state index >= 15 is 0 Å². The fraction of sp³-hybridized carbons (Fsp3) is 0.158. The number of rotatable bonds is 5. The number of carbonyl (C=O) groups is 2. The Labute approximate surface area is 150 Å². The summed E-state index contributed by atoms with van der Waals surface area (Å²) in [4.78, 5) is 27.6. The van der Waals surface area contributed by atoms with Gasteiger partial charge in [-0.2, -0.15) is 0 Å². The fourth-order valence-corrected chi connectivity index (χ4v) is 3.40. The van der Waals surface area contributed by atoms with E-state index in [1.807, 2.05) is 61.7 Å². The highest BCUT2D eigenvalue weighted by Gasteiger charge is 2.15. The first-order valence-electron chi connectivity index (χ1n) is 7.93. The van der Waals surface area contributed by atoms with E-state index in [4.69, 9.17) is 0 Å². The largest absolute Gasteiger partial charge is 0.361 e. The number of thioether (sulfide) groups is 1. The molecule has 0 spiro atoms. The van der Waals surface area contributed by atoms with Crippen molar-refractivity contribution < 1.29 is 9.59 Å². The molecule has 1 aromatic heterocycles. The Hall–Kier alpha value is -2.73. The van der Waals surface area contributed by atoms with Gasteiger partial charge in [0.1, 0.15) is 0 Å². The number of H-pyrrole nitrogens is 1. The Morgan fingerprint density at radius 1 is 1.04 bits per heavy atom. The molecule has 0 radical (unpaired) electrons. The fourth-order valence-electron chi connectivity index (χ4n) is 2.48. The highest BCUT2D eigenvalue weighted by Crippen LogP contribution is 2.27. The summed E-state index contributed by atoms with van der Waals surface area (Å²) in [5.41, 5.74) is 2.47. The minimum atomic E-state index is -0.271. The molecule has 0 aliphatic carbocycles.